The second kappa shape index (κ2) is 10.3. The molecule has 2 aromatic heterocycles. The molecule has 1 atom stereocenters. The van der Waals surface area contributed by atoms with E-state index >= 15 is 0 Å². The molecule has 3 aromatic rings. The molecule has 0 radical (unpaired) electrons. The van der Waals surface area contributed by atoms with Crippen molar-refractivity contribution < 1.29 is 14.3 Å². The third-order valence-corrected chi connectivity index (χ3v) is 7.46. The molecule has 1 aromatic carbocycles. The molecule has 1 saturated carbocycles. The van der Waals surface area contributed by atoms with E-state index in [-0.39, 0.29) is 11.9 Å². The van der Waals surface area contributed by atoms with Crippen LogP contribution in [0.25, 0.3) is 11.3 Å². The zero-order valence-electron chi connectivity index (χ0n) is 23.0. The number of anilines is 2. The molecule has 6 rings (SSSR count). The molecule has 0 spiro atoms. The number of aryl methyl sites for hydroxylation is 2. The van der Waals surface area contributed by atoms with Crippen LogP contribution in [-0.2, 0) is 7.05 Å². The molecule has 2 aliphatic heterocycles. The highest BCUT2D eigenvalue weighted by Crippen LogP contribution is 2.45. The number of nitrogens with one attached hydrogen (secondary N) is 1. The van der Waals surface area contributed by atoms with E-state index in [1.807, 2.05) is 40.2 Å². The van der Waals surface area contributed by atoms with Gasteiger partial charge >= 0.3 is 0 Å². The van der Waals surface area contributed by atoms with E-state index in [1.54, 1.807) is 23.0 Å². The van der Waals surface area contributed by atoms with Crippen molar-refractivity contribution in [3.63, 3.8) is 0 Å². The quantitative estimate of drug-likeness (QED) is 0.528. The molecule has 10 nitrogen and oxygen atoms in total. The molecular weight excluding hydrogens is 494 g/mol. The number of nitrogens with zero attached hydrogens (tertiary/aromatic N) is 6. The fourth-order valence-electron chi connectivity index (χ4n) is 5.35. The first-order chi connectivity index (χ1) is 18.9. The van der Waals surface area contributed by atoms with E-state index in [0.29, 0.717) is 42.2 Å². The van der Waals surface area contributed by atoms with Crippen LogP contribution in [0, 0.1) is 12.8 Å². The number of amides is 1. The largest absolute Gasteiger partial charge is 0.492 e. The van der Waals surface area contributed by atoms with Gasteiger partial charge in [0.15, 0.2) is 0 Å². The predicted molar refractivity (Wildman–Crippen MR) is 151 cm³/mol. The standard InChI is InChI=1S/C29H35N7O3/c1-18-14-20-15-24(31-18)22-17-30-35(4)28(22)39-12-5-6-25(19-7-8-19)36-26-16-21(38-13-11-34(2)3)9-10-23(26)32-29(36)33-27(20)37/h9-10,14-17,19,25H,5-8,11-13H2,1-4H3,(H,32,33,37). The summed E-state index contributed by atoms with van der Waals surface area (Å²) in [6.45, 7) is 3.87. The molecule has 1 fully saturated rings. The summed E-state index contributed by atoms with van der Waals surface area (Å²) in [6.07, 6.45) is 5.82. The van der Waals surface area contributed by atoms with Gasteiger partial charge in [0.2, 0.25) is 11.8 Å². The van der Waals surface area contributed by atoms with Gasteiger partial charge in [-0.1, -0.05) is 0 Å². The van der Waals surface area contributed by atoms with Crippen molar-refractivity contribution in [2.75, 3.05) is 44.1 Å². The number of carbonyl (C=O) groups excluding carboxylic acids is 1. The van der Waals surface area contributed by atoms with Crippen LogP contribution in [-0.4, -0.2) is 71.4 Å². The van der Waals surface area contributed by atoms with Crippen molar-refractivity contribution in [2.45, 2.75) is 38.6 Å². The number of guanidine groups is 1. The molecule has 204 valence electrons. The smallest absolute Gasteiger partial charge is 0.280 e. The number of carbonyl (C=O) groups is 1. The maximum absolute atomic E-state index is 13.6. The van der Waals surface area contributed by atoms with Gasteiger partial charge in [-0.3, -0.25) is 9.78 Å². The molecular formula is C29H35N7O3. The van der Waals surface area contributed by atoms with Gasteiger partial charge in [0.1, 0.15) is 12.4 Å². The lowest BCUT2D eigenvalue weighted by Crippen LogP contribution is -2.42. The van der Waals surface area contributed by atoms with Crippen LogP contribution < -0.4 is 19.7 Å². The average molecular weight is 530 g/mol. The Balaban J connectivity index is 1.40. The van der Waals surface area contributed by atoms with E-state index < -0.39 is 0 Å². The number of fused-ring (bicyclic) bond motifs is 7. The minimum Gasteiger partial charge on any atom is -0.492 e. The maximum Gasteiger partial charge on any atom is 0.280 e. The lowest BCUT2D eigenvalue weighted by atomic mass is 10.0. The maximum atomic E-state index is 13.6. The monoisotopic (exact) mass is 529 g/mol. The molecule has 2 bridgehead atoms. The minimum absolute atomic E-state index is 0.189. The van der Waals surface area contributed by atoms with Gasteiger partial charge < -0.3 is 24.6 Å². The number of ether oxygens (including phenoxy) is 2. The summed E-state index contributed by atoms with van der Waals surface area (Å²) >= 11 is 0. The van der Waals surface area contributed by atoms with Crippen molar-refractivity contribution in [2.24, 2.45) is 18.0 Å². The van der Waals surface area contributed by atoms with Crippen LogP contribution >= 0.6 is 0 Å². The summed E-state index contributed by atoms with van der Waals surface area (Å²) in [4.78, 5) is 27.3. The summed E-state index contributed by atoms with van der Waals surface area (Å²) < 4.78 is 14.1. The topological polar surface area (TPSA) is 97.1 Å². The highest BCUT2D eigenvalue weighted by molar-refractivity contribution is 6.19. The zero-order chi connectivity index (χ0) is 27.1. The van der Waals surface area contributed by atoms with Crippen LogP contribution in [0.5, 0.6) is 11.6 Å². The molecule has 1 N–H and O–H groups in total. The first-order valence-corrected chi connectivity index (χ1v) is 13.6. The van der Waals surface area contributed by atoms with E-state index in [0.717, 1.165) is 60.6 Å². The van der Waals surface area contributed by atoms with Crippen molar-refractivity contribution in [3.05, 3.63) is 47.8 Å². The molecule has 0 saturated heterocycles. The lowest BCUT2D eigenvalue weighted by molar-refractivity contribution is 0.100. The first-order valence-electron chi connectivity index (χ1n) is 13.6. The summed E-state index contributed by atoms with van der Waals surface area (Å²) in [7, 11) is 5.92. The highest BCUT2D eigenvalue weighted by Gasteiger charge is 2.41. The molecule has 1 aliphatic carbocycles. The SMILES string of the molecule is Cc1cc2cc(n1)-c1cnn(C)c1OCCCC(C1CC1)N1/C(=N/C2=O)Nc2ccc(OCCN(C)C)cc21. The third-order valence-electron chi connectivity index (χ3n) is 7.46. The van der Waals surface area contributed by atoms with Crippen LogP contribution in [0.4, 0.5) is 11.4 Å². The summed E-state index contributed by atoms with van der Waals surface area (Å²) in [5, 5.41) is 7.83. The fourth-order valence-corrected chi connectivity index (χ4v) is 5.35. The summed E-state index contributed by atoms with van der Waals surface area (Å²) in [5.74, 6) is 2.24. The van der Waals surface area contributed by atoms with Crippen LogP contribution in [0.1, 0.15) is 41.7 Å². The van der Waals surface area contributed by atoms with E-state index in [1.165, 1.54) is 0 Å². The van der Waals surface area contributed by atoms with Crippen LogP contribution in [0.2, 0.25) is 0 Å². The number of hydrogen-bond acceptors (Lipinski definition) is 8. The molecule has 39 heavy (non-hydrogen) atoms. The second-order valence-corrected chi connectivity index (χ2v) is 10.8. The number of benzene rings is 1. The number of likely N-dealkylation sites (N-methyl/N-ethyl adjacent to an activating group) is 1. The molecule has 3 aliphatic rings. The Morgan fingerprint density at radius 1 is 1.18 bits per heavy atom. The normalized spacial score (nSPS) is 20.2. The molecule has 1 amide bonds. The minimum atomic E-state index is -0.317. The van der Waals surface area contributed by atoms with Gasteiger partial charge in [-0.15, -0.1) is 0 Å². The Morgan fingerprint density at radius 2 is 2.03 bits per heavy atom. The van der Waals surface area contributed by atoms with Gasteiger partial charge in [-0.2, -0.15) is 10.1 Å². The van der Waals surface area contributed by atoms with E-state index in [2.05, 4.69) is 36.3 Å². The van der Waals surface area contributed by atoms with E-state index in [9.17, 15) is 4.79 Å². The van der Waals surface area contributed by atoms with Gasteiger partial charge in [0.25, 0.3) is 5.91 Å². The molecule has 10 heteroatoms. The average Bonchev–Trinajstić information content (AvgIpc) is 3.59. The Bertz CT molecular complexity index is 1430. The number of hydrogen-bond donors (Lipinski definition) is 1. The second-order valence-electron chi connectivity index (χ2n) is 10.8. The Morgan fingerprint density at radius 3 is 2.82 bits per heavy atom. The Hall–Kier alpha value is -3.92. The molecule has 1 unspecified atom stereocenters. The fraction of sp³-hybridized carbons (Fsp3) is 0.448. The number of rotatable bonds is 5. The van der Waals surface area contributed by atoms with Crippen LogP contribution in [0.3, 0.4) is 0 Å². The van der Waals surface area contributed by atoms with Gasteiger partial charge in [-0.25, -0.2) is 4.68 Å². The van der Waals surface area contributed by atoms with Crippen molar-refractivity contribution in [3.8, 4) is 22.9 Å². The van der Waals surface area contributed by atoms with Crippen molar-refractivity contribution in [1.82, 2.24) is 19.7 Å². The van der Waals surface area contributed by atoms with Gasteiger partial charge in [0, 0.05) is 37.0 Å². The zero-order valence-corrected chi connectivity index (χ0v) is 23.0. The predicted octanol–water partition coefficient (Wildman–Crippen LogP) is 4.11. The Kier molecular flexibility index (Phi) is 6.72. The number of aliphatic imine (C=N–C) groups is 1. The van der Waals surface area contributed by atoms with E-state index in [4.69, 9.17) is 9.47 Å². The van der Waals surface area contributed by atoms with Crippen molar-refractivity contribution >= 4 is 23.2 Å². The summed E-state index contributed by atoms with van der Waals surface area (Å²) in [5.41, 5.74) is 4.55. The Labute approximate surface area is 228 Å². The number of aromatic nitrogens is 3. The highest BCUT2D eigenvalue weighted by atomic mass is 16.5. The third kappa shape index (κ3) is 5.21. The molecule has 4 heterocycles. The van der Waals surface area contributed by atoms with Crippen LogP contribution in [0.15, 0.2) is 41.5 Å². The first kappa shape index (κ1) is 25.4. The van der Waals surface area contributed by atoms with Gasteiger partial charge in [0.05, 0.1) is 35.4 Å². The van der Waals surface area contributed by atoms with Crippen molar-refractivity contribution in [1.29, 1.82) is 0 Å². The lowest BCUT2D eigenvalue weighted by Gasteiger charge is -2.30. The summed E-state index contributed by atoms with van der Waals surface area (Å²) in [6, 6.07) is 9.79. The number of pyridine rings is 1. The van der Waals surface area contributed by atoms with Gasteiger partial charge in [-0.05, 0) is 76.9 Å².